The van der Waals surface area contributed by atoms with Gasteiger partial charge in [0.15, 0.2) is 9.84 Å². The van der Waals surface area contributed by atoms with Gasteiger partial charge in [0.05, 0.1) is 33.0 Å². The van der Waals surface area contributed by atoms with Gasteiger partial charge in [-0.05, 0) is 94.8 Å². The molecule has 2 amide bonds. The standard InChI is InChI=1S/C32H41N7O4S/c1-19(2)43-27-18-24(22-12-15-39(16-13-22)32(40)33-6)21(5)17-26(27)36-31-37-29-23(11-14-34-29)30(38-31)35-25-9-7-8-10-28(25)44(41,42)20(3)4/h7-11,14,17-20,22H,12-13,15-16H2,1-6H3,(H,33,40)(H3,34,35,36,37,38). The number of nitrogens with one attached hydrogen (secondary N) is 4. The number of likely N-dealkylation sites (tertiary alicyclic amines) is 1. The number of anilines is 4. The van der Waals surface area contributed by atoms with Gasteiger partial charge < -0.3 is 30.6 Å². The summed E-state index contributed by atoms with van der Waals surface area (Å²) < 4.78 is 32.5. The number of rotatable bonds is 9. The van der Waals surface area contributed by atoms with E-state index in [1.165, 1.54) is 5.56 Å². The first-order valence-corrected chi connectivity index (χ1v) is 16.5. The van der Waals surface area contributed by atoms with E-state index < -0.39 is 15.1 Å². The molecule has 1 aliphatic heterocycles. The molecule has 3 heterocycles. The number of amides is 2. The summed E-state index contributed by atoms with van der Waals surface area (Å²) in [6.45, 7) is 10.8. The Morgan fingerprint density at radius 2 is 1.75 bits per heavy atom. The number of fused-ring (bicyclic) bond motifs is 1. The van der Waals surface area contributed by atoms with Crippen LogP contribution in [0.5, 0.6) is 5.75 Å². The Labute approximate surface area is 258 Å². The number of ether oxygens (including phenoxy) is 1. The third kappa shape index (κ3) is 6.45. The molecular formula is C32H41N7O4S. The molecule has 0 radical (unpaired) electrons. The first kappa shape index (κ1) is 31.1. The molecule has 0 bridgehead atoms. The molecule has 0 spiro atoms. The fourth-order valence-corrected chi connectivity index (χ4v) is 6.76. The van der Waals surface area contributed by atoms with Gasteiger partial charge in [0.25, 0.3) is 0 Å². The number of H-pyrrole nitrogens is 1. The van der Waals surface area contributed by atoms with E-state index in [-0.39, 0.29) is 17.0 Å². The molecule has 0 aliphatic carbocycles. The molecule has 1 saturated heterocycles. The lowest BCUT2D eigenvalue weighted by Gasteiger charge is -2.33. The van der Waals surface area contributed by atoms with Crippen molar-refractivity contribution in [3.05, 3.63) is 59.8 Å². The summed E-state index contributed by atoms with van der Waals surface area (Å²) in [6, 6.07) is 12.8. The summed E-state index contributed by atoms with van der Waals surface area (Å²) in [4.78, 5) is 26.8. The van der Waals surface area contributed by atoms with Gasteiger partial charge in [0.2, 0.25) is 5.95 Å². The van der Waals surface area contributed by atoms with Crippen LogP contribution in [0.1, 0.15) is 57.6 Å². The highest BCUT2D eigenvalue weighted by Gasteiger charge is 2.26. The predicted molar refractivity (Wildman–Crippen MR) is 174 cm³/mol. The number of nitrogens with zero attached hydrogens (tertiary/aromatic N) is 3. The monoisotopic (exact) mass is 619 g/mol. The van der Waals surface area contributed by atoms with Crippen LogP contribution in [-0.2, 0) is 9.84 Å². The number of hydrogen-bond acceptors (Lipinski definition) is 8. The maximum absolute atomic E-state index is 13.1. The number of hydrogen-bond donors (Lipinski definition) is 4. The molecule has 44 heavy (non-hydrogen) atoms. The zero-order chi connectivity index (χ0) is 31.6. The molecule has 12 heteroatoms. The lowest BCUT2D eigenvalue weighted by molar-refractivity contribution is 0.183. The van der Waals surface area contributed by atoms with Gasteiger partial charge in [-0.2, -0.15) is 9.97 Å². The highest BCUT2D eigenvalue weighted by molar-refractivity contribution is 7.92. The minimum atomic E-state index is -3.54. The van der Waals surface area contributed by atoms with Gasteiger partial charge in [-0.1, -0.05) is 12.1 Å². The van der Waals surface area contributed by atoms with Gasteiger partial charge in [0.1, 0.15) is 17.2 Å². The second-order valence-electron chi connectivity index (χ2n) is 11.7. The predicted octanol–water partition coefficient (Wildman–Crippen LogP) is 6.24. The molecule has 0 unspecified atom stereocenters. The third-order valence-electron chi connectivity index (χ3n) is 7.90. The number of aromatic nitrogens is 3. The molecule has 2 aromatic carbocycles. The summed E-state index contributed by atoms with van der Waals surface area (Å²) in [5, 5.41) is 9.49. The molecule has 1 fully saturated rings. The van der Waals surface area contributed by atoms with Crippen molar-refractivity contribution in [1.29, 1.82) is 0 Å². The summed E-state index contributed by atoms with van der Waals surface area (Å²) in [5.41, 5.74) is 4.07. The molecular weight excluding hydrogens is 578 g/mol. The quantitative estimate of drug-likeness (QED) is 0.173. The Morgan fingerprint density at radius 3 is 2.43 bits per heavy atom. The number of benzene rings is 2. The van der Waals surface area contributed by atoms with Gasteiger partial charge in [-0.15, -0.1) is 0 Å². The van der Waals surface area contributed by atoms with Crippen LogP contribution in [0.25, 0.3) is 11.0 Å². The molecule has 1 aliphatic rings. The van der Waals surface area contributed by atoms with Crippen LogP contribution in [0, 0.1) is 6.92 Å². The topological polar surface area (TPSA) is 141 Å². The highest BCUT2D eigenvalue weighted by Crippen LogP contribution is 2.38. The summed E-state index contributed by atoms with van der Waals surface area (Å²) in [5.74, 6) is 1.79. The molecule has 4 aromatic rings. The van der Waals surface area contributed by atoms with Crippen LogP contribution in [0.15, 0.2) is 53.6 Å². The average molecular weight is 620 g/mol. The zero-order valence-electron chi connectivity index (χ0n) is 26.1. The van der Waals surface area contributed by atoms with Crippen LogP contribution in [-0.4, -0.2) is 65.8 Å². The Hall–Kier alpha value is -4.32. The summed E-state index contributed by atoms with van der Waals surface area (Å²) >= 11 is 0. The van der Waals surface area contributed by atoms with Crippen LogP contribution in [0.4, 0.5) is 27.9 Å². The lowest BCUT2D eigenvalue weighted by Crippen LogP contribution is -2.42. The number of aryl methyl sites for hydroxylation is 1. The third-order valence-corrected chi connectivity index (χ3v) is 10.1. The molecule has 5 rings (SSSR count). The first-order valence-electron chi connectivity index (χ1n) is 15.0. The van der Waals surface area contributed by atoms with Crippen molar-refractivity contribution in [2.24, 2.45) is 0 Å². The SMILES string of the molecule is CNC(=O)N1CCC(c2cc(OC(C)C)c(Nc3nc(Nc4ccccc4S(=O)(=O)C(C)C)c4cc[nH]c4n3)cc2C)CC1. The molecule has 0 saturated carbocycles. The van der Waals surface area contributed by atoms with Crippen molar-refractivity contribution in [2.75, 3.05) is 30.8 Å². The van der Waals surface area contributed by atoms with Gasteiger partial charge in [0, 0.05) is 26.3 Å². The Balaban J connectivity index is 1.48. The maximum atomic E-state index is 13.1. The fourth-order valence-electron chi connectivity index (χ4n) is 5.56. The Kier molecular flexibility index (Phi) is 9.00. The largest absolute Gasteiger partial charge is 0.489 e. The molecule has 11 nitrogen and oxygen atoms in total. The van der Waals surface area contributed by atoms with Crippen LogP contribution >= 0.6 is 0 Å². The van der Waals surface area contributed by atoms with Gasteiger partial charge in [-0.25, -0.2) is 13.2 Å². The van der Waals surface area contributed by atoms with Gasteiger partial charge in [-0.3, -0.25) is 0 Å². The van der Waals surface area contributed by atoms with Crippen molar-refractivity contribution in [3.63, 3.8) is 0 Å². The number of carbonyl (C=O) groups excluding carboxylic acids is 1. The van der Waals surface area contributed by atoms with Crippen molar-refractivity contribution in [2.45, 2.75) is 69.6 Å². The minimum absolute atomic E-state index is 0.0403. The average Bonchev–Trinajstić information content (AvgIpc) is 3.47. The lowest BCUT2D eigenvalue weighted by atomic mass is 9.86. The summed E-state index contributed by atoms with van der Waals surface area (Å²) in [7, 11) is -1.88. The Morgan fingerprint density at radius 1 is 1.02 bits per heavy atom. The van der Waals surface area contributed by atoms with Crippen molar-refractivity contribution in [1.82, 2.24) is 25.2 Å². The number of piperidine rings is 1. The molecule has 0 atom stereocenters. The van der Waals surface area contributed by atoms with Crippen molar-refractivity contribution >= 4 is 50.0 Å². The normalized spacial score (nSPS) is 14.3. The second-order valence-corrected chi connectivity index (χ2v) is 14.1. The molecule has 2 aromatic heterocycles. The van der Waals surface area contributed by atoms with E-state index in [1.807, 2.05) is 24.8 Å². The van der Waals surface area contributed by atoms with E-state index in [9.17, 15) is 13.2 Å². The van der Waals surface area contributed by atoms with Crippen LogP contribution < -0.4 is 20.7 Å². The summed E-state index contributed by atoms with van der Waals surface area (Å²) in [6.07, 6.45) is 3.45. The molecule has 234 valence electrons. The van der Waals surface area contributed by atoms with E-state index in [0.29, 0.717) is 47.9 Å². The number of para-hydroxylation sites is 1. The maximum Gasteiger partial charge on any atom is 0.317 e. The smallest absolute Gasteiger partial charge is 0.317 e. The zero-order valence-corrected chi connectivity index (χ0v) is 26.9. The highest BCUT2D eigenvalue weighted by atomic mass is 32.2. The second kappa shape index (κ2) is 12.7. The number of sulfone groups is 1. The minimum Gasteiger partial charge on any atom is -0.489 e. The van der Waals surface area contributed by atoms with E-state index >= 15 is 0 Å². The van der Waals surface area contributed by atoms with E-state index in [1.54, 1.807) is 51.4 Å². The number of aromatic amines is 1. The number of urea groups is 1. The van der Waals surface area contributed by atoms with E-state index in [4.69, 9.17) is 14.7 Å². The fraction of sp³-hybridized carbons (Fsp3) is 0.406. The van der Waals surface area contributed by atoms with E-state index in [0.717, 1.165) is 29.5 Å². The van der Waals surface area contributed by atoms with Gasteiger partial charge >= 0.3 is 6.03 Å². The first-order chi connectivity index (χ1) is 21.0. The van der Waals surface area contributed by atoms with E-state index in [2.05, 4.69) is 40.0 Å². The van der Waals surface area contributed by atoms with Crippen LogP contribution in [0.2, 0.25) is 0 Å². The van der Waals surface area contributed by atoms with Crippen molar-refractivity contribution < 1.29 is 17.9 Å². The Bertz CT molecular complexity index is 1760. The number of carbonyl (C=O) groups is 1. The van der Waals surface area contributed by atoms with Crippen LogP contribution in [0.3, 0.4) is 0 Å². The van der Waals surface area contributed by atoms with Crippen molar-refractivity contribution in [3.8, 4) is 5.75 Å². The molecule has 4 N–H and O–H groups in total.